The summed E-state index contributed by atoms with van der Waals surface area (Å²) in [4.78, 5) is 0. The van der Waals surface area contributed by atoms with Crippen LogP contribution in [0.4, 0.5) is 0 Å². The van der Waals surface area contributed by atoms with E-state index in [1.54, 1.807) is 0 Å². The molecule has 0 atom stereocenters. The summed E-state index contributed by atoms with van der Waals surface area (Å²) in [7, 11) is 0. The molecule has 0 aliphatic carbocycles. The molecule has 0 heterocycles. The van der Waals surface area contributed by atoms with E-state index in [1.165, 1.54) is 0 Å². The molecule has 0 aromatic carbocycles. The summed E-state index contributed by atoms with van der Waals surface area (Å²) in [5.74, 6) is 0. The van der Waals surface area contributed by atoms with Crippen molar-refractivity contribution in [2.24, 2.45) is 0 Å². The maximum Gasteiger partial charge on any atom is 0 e. The second-order valence-electron chi connectivity index (χ2n) is 0. The fraction of sp³-hybridized carbons (Fsp3) is 0. The maximum absolute atomic E-state index is 0. The molecule has 31 valence electrons. The first-order valence-corrected chi connectivity index (χ1v) is 0. The van der Waals surface area contributed by atoms with Gasteiger partial charge in [-0.25, -0.2) is 0 Å². The van der Waals surface area contributed by atoms with E-state index in [0.29, 0.717) is 0 Å². The maximum atomic E-state index is 0. The third-order valence-corrected chi connectivity index (χ3v) is 0. The fourth-order valence-corrected chi connectivity index (χ4v) is 0. The van der Waals surface area contributed by atoms with Crippen LogP contribution in [0.3, 0.4) is 0 Å². The van der Waals surface area contributed by atoms with Crippen LogP contribution < -0.4 is 0 Å². The van der Waals surface area contributed by atoms with E-state index >= 15 is 0 Å². The molecule has 4 heteroatoms. The predicted molar refractivity (Wildman–Crippen MR) is 11.3 cm³/mol. The zero-order chi connectivity index (χ0) is 0. The van der Waals surface area contributed by atoms with Crippen molar-refractivity contribution in [3.8, 4) is 0 Å². The first kappa shape index (κ1) is 38.2. The molecule has 1 radical (unpaired) electrons. The SMILES string of the molecule is [Cr].[Cu].[Mo].[SiH4]. The predicted octanol–water partition coefficient (Wildman–Crippen LogP) is -1.46. The third-order valence-electron chi connectivity index (χ3n) is 0. The van der Waals surface area contributed by atoms with Gasteiger partial charge in [-0.1, -0.05) is 0 Å². The summed E-state index contributed by atoms with van der Waals surface area (Å²) in [6.07, 6.45) is 0. The van der Waals surface area contributed by atoms with E-state index in [1.807, 2.05) is 0 Å². The molecule has 0 saturated heterocycles. The molecule has 0 aliphatic heterocycles. The van der Waals surface area contributed by atoms with Crippen molar-refractivity contribution in [2.45, 2.75) is 0 Å². The molecule has 0 N–H and O–H groups in total. The molecule has 0 aromatic rings. The normalized spacial score (nSPS) is 0. The Hall–Kier alpha value is 1.96. The molecular formula is H4CrCuMoSi. The van der Waals surface area contributed by atoms with Crippen LogP contribution in [0.2, 0.25) is 0 Å². The smallest absolute Gasteiger partial charge is 0 e. The largest absolute Gasteiger partial charge is 0.0149 e. The Bertz CT molecular complexity index is 8.00. The van der Waals surface area contributed by atoms with Crippen LogP contribution >= 0.6 is 0 Å². The fourth-order valence-electron chi connectivity index (χ4n) is 0. The van der Waals surface area contributed by atoms with Gasteiger partial charge in [-0.15, -0.1) is 0 Å². The van der Waals surface area contributed by atoms with Crippen molar-refractivity contribution < 1.29 is 55.5 Å². The van der Waals surface area contributed by atoms with E-state index in [4.69, 9.17) is 0 Å². The molecule has 4 heavy (non-hydrogen) atoms. The van der Waals surface area contributed by atoms with Gasteiger partial charge >= 0.3 is 0 Å². The van der Waals surface area contributed by atoms with E-state index in [9.17, 15) is 0 Å². The summed E-state index contributed by atoms with van der Waals surface area (Å²) in [5.41, 5.74) is 0. The van der Waals surface area contributed by atoms with Gasteiger partial charge in [0.25, 0.3) is 0 Å². The van der Waals surface area contributed by atoms with Crippen molar-refractivity contribution in [1.29, 1.82) is 0 Å². The number of hydrogen-bond donors (Lipinski definition) is 0. The Labute approximate surface area is 66.0 Å². The molecule has 0 aromatic heterocycles. The zero-order valence-electron chi connectivity index (χ0n) is 1.12. The van der Waals surface area contributed by atoms with Gasteiger partial charge in [0.2, 0.25) is 0 Å². The summed E-state index contributed by atoms with van der Waals surface area (Å²) < 4.78 is 0. The zero-order valence-corrected chi connectivity index (χ0v) is 5.34. The van der Waals surface area contributed by atoms with E-state index in [-0.39, 0.29) is 66.5 Å². The van der Waals surface area contributed by atoms with Crippen molar-refractivity contribution in [2.75, 3.05) is 0 Å². The Balaban J connectivity index is 0. The molecule has 0 aliphatic rings. The van der Waals surface area contributed by atoms with E-state index in [2.05, 4.69) is 0 Å². The summed E-state index contributed by atoms with van der Waals surface area (Å²) in [6, 6.07) is 0. The minimum atomic E-state index is 0. The van der Waals surface area contributed by atoms with Crippen molar-refractivity contribution >= 4 is 11.0 Å². The van der Waals surface area contributed by atoms with Gasteiger partial charge < -0.3 is 0 Å². The van der Waals surface area contributed by atoms with Gasteiger partial charge in [-0.05, 0) is 11.0 Å². The summed E-state index contributed by atoms with van der Waals surface area (Å²) >= 11 is 0. The van der Waals surface area contributed by atoms with Crippen LogP contribution in [-0.2, 0) is 55.5 Å². The minimum Gasteiger partial charge on any atom is -0.0149 e. The average molecular weight is 244 g/mol. The van der Waals surface area contributed by atoms with Crippen molar-refractivity contribution in [3.05, 3.63) is 0 Å². The Morgan fingerprint density at radius 2 is 1.00 bits per heavy atom. The monoisotopic (exact) mass is 245 g/mol. The van der Waals surface area contributed by atoms with E-state index in [0.717, 1.165) is 0 Å². The minimum absolute atomic E-state index is 0. The molecule has 0 fully saturated rings. The molecule has 0 saturated carbocycles. The van der Waals surface area contributed by atoms with Crippen LogP contribution in [0.1, 0.15) is 0 Å². The Morgan fingerprint density at radius 1 is 1.00 bits per heavy atom. The van der Waals surface area contributed by atoms with Crippen LogP contribution in [-0.4, -0.2) is 11.0 Å². The van der Waals surface area contributed by atoms with Gasteiger partial charge in [-0.3, -0.25) is 0 Å². The van der Waals surface area contributed by atoms with Gasteiger partial charge in [0.15, 0.2) is 0 Å². The quantitative estimate of drug-likeness (QED) is 0.457. The van der Waals surface area contributed by atoms with Gasteiger partial charge in [0.1, 0.15) is 0 Å². The first-order valence-electron chi connectivity index (χ1n) is 0. The molecule has 0 unspecified atom stereocenters. The number of rotatable bonds is 0. The van der Waals surface area contributed by atoms with Gasteiger partial charge in [0.05, 0.1) is 0 Å². The van der Waals surface area contributed by atoms with Crippen LogP contribution in [0.15, 0.2) is 0 Å². The topological polar surface area (TPSA) is 0 Å². The van der Waals surface area contributed by atoms with Gasteiger partial charge in [-0.2, -0.15) is 0 Å². The van der Waals surface area contributed by atoms with Crippen molar-refractivity contribution in [3.63, 3.8) is 0 Å². The first-order chi connectivity index (χ1) is 0. The molecule has 0 amide bonds. The van der Waals surface area contributed by atoms with E-state index < -0.39 is 0 Å². The van der Waals surface area contributed by atoms with Crippen LogP contribution in [0, 0.1) is 0 Å². The molecule has 0 rings (SSSR count). The molecule has 0 bridgehead atoms. The summed E-state index contributed by atoms with van der Waals surface area (Å²) in [5, 5.41) is 0. The molecule has 0 nitrogen and oxygen atoms in total. The average Bonchev–Trinajstić information content (AvgIpc) is 0. The Kier molecular flexibility index (Phi) is 194. The Morgan fingerprint density at radius 3 is 1.00 bits per heavy atom. The van der Waals surface area contributed by atoms with Crippen LogP contribution in [0.25, 0.3) is 0 Å². The van der Waals surface area contributed by atoms with Gasteiger partial charge in [0, 0.05) is 55.5 Å². The van der Waals surface area contributed by atoms with Crippen molar-refractivity contribution in [1.82, 2.24) is 0 Å². The molecule has 0 spiro atoms. The second kappa shape index (κ2) is 20.3. The third kappa shape index (κ3) is 9.03. The van der Waals surface area contributed by atoms with Crippen LogP contribution in [0.5, 0.6) is 0 Å². The molecular weight excluding hydrogens is 240 g/mol. The second-order valence-corrected chi connectivity index (χ2v) is 0. The summed E-state index contributed by atoms with van der Waals surface area (Å²) in [6.45, 7) is 0. The standard InChI is InChI=1S/Cr.Cu.Mo.H4Si/h;;;1H4. The number of hydrogen-bond acceptors (Lipinski definition) is 0.